The summed E-state index contributed by atoms with van der Waals surface area (Å²) in [7, 11) is 1.72. The van der Waals surface area contributed by atoms with Crippen molar-refractivity contribution < 1.29 is 4.74 Å². The summed E-state index contributed by atoms with van der Waals surface area (Å²) in [4.78, 5) is 0. The molecule has 68 valence electrons. The zero-order chi connectivity index (χ0) is 9.10. The number of rotatable bonds is 2. The molecule has 0 radical (unpaired) electrons. The Labute approximate surface area is 78.2 Å². The van der Waals surface area contributed by atoms with Crippen LogP contribution in [0.3, 0.4) is 0 Å². The molecule has 0 fully saturated rings. The molecule has 1 unspecified atom stereocenters. The van der Waals surface area contributed by atoms with Crippen LogP contribution in [0.4, 0.5) is 0 Å². The molecule has 0 saturated heterocycles. The Morgan fingerprint density at radius 1 is 1.31 bits per heavy atom. The van der Waals surface area contributed by atoms with Gasteiger partial charge in [0.05, 0.1) is 13.2 Å². The number of hydrogen-bond acceptors (Lipinski definition) is 2. The van der Waals surface area contributed by atoms with Gasteiger partial charge in [-0.2, -0.15) is 0 Å². The van der Waals surface area contributed by atoms with Crippen LogP contribution in [0.5, 0.6) is 0 Å². The second-order valence-electron chi connectivity index (χ2n) is 3.06. The van der Waals surface area contributed by atoms with Gasteiger partial charge in [-0.3, -0.25) is 0 Å². The zero-order valence-corrected chi connectivity index (χ0v) is 7.66. The van der Waals surface area contributed by atoms with Crippen LogP contribution in [0.2, 0.25) is 0 Å². The lowest BCUT2D eigenvalue weighted by molar-refractivity contribution is 0.264. The molecule has 0 amide bonds. The lowest BCUT2D eigenvalue weighted by atomic mass is 10.1. The highest BCUT2D eigenvalue weighted by molar-refractivity contribution is 5.28. The lowest BCUT2D eigenvalue weighted by Gasteiger charge is -2.14. The molecule has 1 aliphatic heterocycles. The summed E-state index contributed by atoms with van der Waals surface area (Å²) < 4.78 is 5.28. The fourth-order valence-corrected chi connectivity index (χ4v) is 1.62. The first-order valence-electron chi connectivity index (χ1n) is 4.44. The van der Waals surface area contributed by atoms with Crippen LogP contribution < -0.4 is 5.32 Å². The van der Waals surface area contributed by atoms with Gasteiger partial charge in [-0.15, -0.1) is 0 Å². The fraction of sp³-hybridized carbons (Fsp3) is 0.273. The first-order valence-corrected chi connectivity index (χ1v) is 4.44. The van der Waals surface area contributed by atoms with Crippen LogP contribution in [0.15, 0.2) is 42.2 Å². The van der Waals surface area contributed by atoms with Crippen molar-refractivity contribution in [2.75, 3.05) is 13.7 Å². The molecule has 1 aliphatic rings. The maximum atomic E-state index is 5.28. The van der Waals surface area contributed by atoms with Gasteiger partial charge in [0.15, 0.2) is 0 Å². The molecule has 1 atom stereocenters. The third-order valence-electron chi connectivity index (χ3n) is 2.28. The summed E-state index contributed by atoms with van der Waals surface area (Å²) in [5.74, 6) is 1.02. The largest absolute Gasteiger partial charge is 0.499 e. The van der Waals surface area contributed by atoms with E-state index in [1.165, 1.54) is 5.56 Å². The Kier molecular flexibility index (Phi) is 2.32. The van der Waals surface area contributed by atoms with Crippen molar-refractivity contribution in [3.8, 4) is 0 Å². The Morgan fingerprint density at radius 3 is 2.77 bits per heavy atom. The van der Waals surface area contributed by atoms with Crippen LogP contribution >= 0.6 is 0 Å². The van der Waals surface area contributed by atoms with Gasteiger partial charge in [0.25, 0.3) is 0 Å². The second-order valence-corrected chi connectivity index (χ2v) is 3.06. The highest BCUT2D eigenvalue weighted by Crippen LogP contribution is 2.24. The third kappa shape index (κ3) is 1.58. The third-order valence-corrected chi connectivity index (χ3v) is 2.28. The minimum Gasteiger partial charge on any atom is -0.499 e. The molecule has 1 N–H and O–H groups in total. The van der Waals surface area contributed by atoms with Gasteiger partial charge in [0.1, 0.15) is 5.76 Å². The van der Waals surface area contributed by atoms with Gasteiger partial charge in [-0.1, -0.05) is 30.3 Å². The Morgan fingerprint density at radius 2 is 2.08 bits per heavy atom. The first kappa shape index (κ1) is 8.32. The van der Waals surface area contributed by atoms with Crippen molar-refractivity contribution in [2.45, 2.75) is 6.04 Å². The highest BCUT2D eigenvalue weighted by Gasteiger charge is 2.20. The molecule has 0 bridgehead atoms. The van der Waals surface area contributed by atoms with Crippen LogP contribution in [-0.2, 0) is 4.74 Å². The smallest absolute Gasteiger partial charge is 0.114 e. The number of methoxy groups -OCH3 is 1. The molecule has 0 saturated carbocycles. The van der Waals surface area contributed by atoms with Crippen molar-refractivity contribution in [3.05, 3.63) is 47.7 Å². The molecular formula is C11H13NO. The maximum Gasteiger partial charge on any atom is 0.114 e. The number of nitrogens with one attached hydrogen (secondary N) is 1. The summed E-state index contributed by atoms with van der Waals surface area (Å²) in [6, 6.07) is 10.6. The van der Waals surface area contributed by atoms with E-state index < -0.39 is 0 Å². The second kappa shape index (κ2) is 3.62. The normalized spacial score (nSPS) is 21.3. The van der Waals surface area contributed by atoms with E-state index in [2.05, 4.69) is 23.5 Å². The number of hydrogen-bond donors (Lipinski definition) is 1. The molecule has 1 heterocycles. The summed E-state index contributed by atoms with van der Waals surface area (Å²) in [6.45, 7) is 0.892. The van der Waals surface area contributed by atoms with Crippen molar-refractivity contribution in [1.82, 2.24) is 5.32 Å². The lowest BCUT2D eigenvalue weighted by Crippen LogP contribution is -2.16. The van der Waals surface area contributed by atoms with E-state index >= 15 is 0 Å². The van der Waals surface area contributed by atoms with Gasteiger partial charge < -0.3 is 10.1 Å². The molecule has 0 spiro atoms. The number of benzene rings is 1. The molecule has 2 heteroatoms. The Bertz CT molecular complexity index is 305. The fourth-order valence-electron chi connectivity index (χ4n) is 1.62. The van der Waals surface area contributed by atoms with Crippen molar-refractivity contribution in [1.29, 1.82) is 0 Å². The van der Waals surface area contributed by atoms with Crippen molar-refractivity contribution >= 4 is 0 Å². The van der Waals surface area contributed by atoms with E-state index in [-0.39, 0.29) is 6.04 Å². The predicted molar refractivity (Wildman–Crippen MR) is 52.3 cm³/mol. The van der Waals surface area contributed by atoms with Crippen LogP contribution in [0.25, 0.3) is 0 Å². The van der Waals surface area contributed by atoms with Gasteiger partial charge in [0, 0.05) is 6.54 Å². The Balaban J connectivity index is 2.23. The molecule has 1 aromatic rings. The van der Waals surface area contributed by atoms with Crippen molar-refractivity contribution in [2.24, 2.45) is 0 Å². The SMILES string of the molecule is COC1=CCNC1c1ccccc1. The van der Waals surface area contributed by atoms with E-state index in [9.17, 15) is 0 Å². The molecule has 0 aliphatic carbocycles. The van der Waals surface area contributed by atoms with Crippen molar-refractivity contribution in [3.63, 3.8) is 0 Å². The molecule has 13 heavy (non-hydrogen) atoms. The average molecular weight is 175 g/mol. The standard InChI is InChI=1S/C11H13NO/c1-13-10-7-8-12-11(10)9-5-3-2-4-6-9/h2-7,11-12H,8H2,1H3. The zero-order valence-electron chi connectivity index (χ0n) is 7.66. The van der Waals surface area contributed by atoms with E-state index in [0.29, 0.717) is 0 Å². The minimum atomic E-state index is 0.242. The minimum absolute atomic E-state index is 0.242. The van der Waals surface area contributed by atoms with E-state index in [0.717, 1.165) is 12.3 Å². The van der Waals surface area contributed by atoms with Crippen LogP contribution in [-0.4, -0.2) is 13.7 Å². The monoisotopic (exact) mass is 175 g/mol. The summed E-state index contributed by atoms with van der Waals surface area (Å²) in [5.41, 5.74) is 1.26. The maximum absolute atomic E-state index is 5.28. The van der Waals surface area contributed by atoms with Crippen LogP contribution in [0, 0.1) is 0 Å². The van der Waals surface area contributed by atoms with Gasteiger partial charge in [-0.05, 0) is 11.6 Å². The molecule has 0 aromatic heterocycles. The van der Waals surface area contributed by atoms with Gasteiger partial charge in [-0.25, -0.2) is 0 Å². The summed E-state index contributed by atoms with van der Waals surface area (Å²) >= 11 is 0. The van der Waals surface area contributed by atoms with E-state index in [1.54, 1.807) is 7.11 Å². The first-order chi connectivity index (χ1) is 6.42. The van der Waals surface area contributed by atoms with E-state index in [4.69, 9.17) is 4.74 Å². The van der Waals surface area contributed by atoms with Crippen LogP contribution in [0.1, 0.15) is 11.6 Å². The van der Waals surface area contributed by atoms with Gasteiger partial charge >= 0.3 is 0 Å². The average Bonchev–Trinajstić information content (AvgIpc) is 2.67. The topological polar surface area (TPSA) is 21.3 Å². The molecular weight excluding hydrogens is 162 g/mol. The predicted octanol–water partition coefficient (Wildman–Crippen LogP) is 1.86. The summed E-state index contributed by atoms with van der Waals surface area (Å²) in [5, 5.41) is 3.36. The summed E-state index contributed by atoms with van der Waals surface area (Å²) in [6.07, 6.45) is 2.08. The van der Waals surface area contributed by atoms with E-state index in [1.807, 2.05) is 18.2 Å². The molecule has 1 aromatic carbocycles. The highest BCUT2D eigenvalue weighted by atomic mass is 16.5. The quantitative estimate of drug-likeness (QED) is 0.740. The molecule has 2 rings (SSSR count). The molecule has 2 nitrogen and oxygen atoms in total. The Hall–Kier alpha value is -1.28. The number of ether oxygens (including phenoxy) is 1. The van der Waals surface area contributed by atoms with Gasteiger partial charge in [0.2, 0.25) is 0 Å².